The van der Waals surface area contributed by atoms with Crippen LogP contribution in [0.4, 0.5) is 4.79 Å². The van der Waals surface area contributed by atoms with E-state index < -0.39 is 0 Å². The van der Waals surface area contributed by atoms with E-state index >= 15 is 0 Å². The molecule has 1 saturated heterocycles. The van der Waals surface area contributed by atoms with Crippen LogP contribution in [0.5, 0.6) is 0 Å². The van der Waals surface area contributed by atoms with Crippen LogP contribution in [0.2, 0.25) is 0 Å². The molecule has 1 aromatic rings. The van der Waals surface area contributed by atoms with Crippen molar-refractivity contribution in [1.29, 1.82) is 0 Å². The van der Waals surface area contributed by atoms with Gasteiger partial charge in [0.05, 0.1) is 0 Å². The van der Waals surface area contributed by atoms with Crippen LogP contribution in [0, 0.1) is 0 Å². The van der Waals surface area contributed by atoms with Crippen LogP contribution in [0.25, 0.3) is 0 Å². The van der Waals surface area contributed by atoms with Crippen molar-refractivity contribution in [1.82, 2.24) is 20.4 Å². The Hall–Kier alpha value is -1.24. The molecule has 1 aliphatic rings. The molecule has 0 spiro atoms. The van der Waals surface area contributed by atoms with Gasteiger partial charge in [-0.15, -0.1) is 0 Å². The average Bonchev–Trinajstić information content (AvgIpc) is 2.86. The van der Waals surface area contributed by atoms with Crippen molar-refractivity contribution in [3.8, 4) is 0 Å². The van der Waals surface area contributed by atoms with Crippen molar-refractivity contribution in [2.24, 2.45) is 0 Å². The summed E-state index contributed by atoms with van der Waals surface area (Å²) in [6.45, 7) is 10.5. The lowest BCUT2D eigenvalue weighted by Gasteiger charge is -2.34. The smallest absolute Gasteiger partial charge is 0.317 e. The largest absolute Gasteiger partial charge is 0.339 e. The lowest BCUT2D eigenvalue weighted by Crippen LogP contribution is -2.48. The Morgan fingerprint density at radius 1 is 1.43 bits per heavy atom. The van der Waals surface area contributed by atoms with Crippen molar-refractivity contribution in [2.45, 2.75) is 50.5 Å². The summed E-state index contributed by atoms with van der Waals surface area (Å²) in [7, 11) is 0. The number of carbonyl (C=O) groups is 1. The van der Waals surface area contributed by atoms with Gasteiger partial charge in [0.25, 0.3) is 0 Å². The van der Waals surface area contributed by atoms with E-state index in [1.807, 2.05) is 30.5 Å². The molecule has 2 rings (SSSR count). The van der Waals surface area contributed by atoms with Gasteiger partial charge in [0.15, 0.2) is 5.82 Å². The highest BCUT2D eigenvalue weighted by Gasteiger charge is 2.25. The van der Waals surface area contributed by atoms with Gasteiger partial charge in [-0.25, -0.2) is 4.79 Å². The first-order valence-corrected chi connectivity index (χ1v) is 8.40. The SMILES string of the molecule is CC1CN(C(=O)NCCc2nc(C(C)C)no2)CC(C)S1. The Morgan fingerprint density at radius 3 is 2.67 bits per heavy atom. The molecule has 1 aromatic heterocycles. The van der Waals surface area contributed by atoms with Crippen molar-refractivity contribution < 1.29 is 9.32 Å². The lowest BCUT2D eigenvalue weighted by atomic mass is 10.2. The van der Waals surface area contributed by atoms with Crippen LogP contribution >= 0.6 is 11.8 Å². The van der Waals surface area contributed by atoms with E-state index in [0.29, 0.717) is 35.2 Å². The molecule has 1 fully saturated rings. The van der Waals surface area contributed by atoms with E-state index in [1.165, 1.54) is 0 Å². The van der Waals surface area contributed by atoms with Crippen molar-refractivity contribution in [3.05, 3.63) is 11.7 Å². The van der Waals surface area contributed by atoms with E-state index in [0.717, 1.165) is 13.1 Å². The van der Waals surface area contributed by atoms with Gasteiger partial charge in [-0.05, 0) is 0 Å². The van der Waals surface area contributed by atoms with Crippen molar-refractivity contribution >= 4 is 17.8 Å². The lowest BCUT2D eigenvalue weighted by molar-refractivity contribution is 0.197. The van der Waals surface area contributed by atoms with Crippen molar-refractivity contribution in [3.63, 3.8) is 0 Å². The van der Waals surface area contributed by atoms with Gasteiger partial charge in [0.2, 0.25) is 5.89 Å². The Bertz CT molecular complexity index is 467. The molecule has 2 heterocycles. The standard InChI is InChI=1S/C14H24N4O2S/c1-9(2)13-16-12(20-17-13)5-6-15-14(19)18-7-10(3)21-11(4)8-18/h9-11H,5-8H2,1-4H3,(H,15,19). The highest BCUT2D eigenvalue weighted by molar-refractivity contribution is 8.00. The number of carbonyl (C=O) groups excluding carboxylic acids is 1. The second kappa shape index (κ2) is 7.15. The molecule has 0 radical (unpaired) electrons. The second-order valence-corrected chi connectivity index (χ2v) is 7.73. The molecule has 0 aliphatic carbocycles. The third kappa shape index (κ3) is 4.62. The molecule has 2 unspecified atom stereocenters. The summed E-state index contributed by atoms with van der Waals surface area (Å²) in [6.07, 6.45) is 0.569. The zero-order valence-electron chi connectivity index (χ0n) is 13.1. The Kier molecular flexibility index (Phi) is 5.50. The maximum absolute atomic E-state index is 12.1. The fraction of sp³-hybridized carbons (Fsp3) is 0.786. The van der Waals surface area contributed by atoms with E-state index in [4.69, 9.17) is 4.52 Å². The molecule has 2 atom stereocenters. The number of urea groups is 1. The van der Waals surface area contributed by atoms with Crippen LogP contribution in [0.1, 0.15) is 45.3 Å². The first kappa shape index (κ1) is 16.1. The summed E-state index contributed by atoms with van der Waals surface area (Å²) in [6, 6.07) is -0.00222. The van der Waals surface area contributed by atoms with E-state index in [1.54, 1.807) is 0 Å². The highest BCUT2D eigenvalue weighted by Crippen LogP contribution is 2.24. The molecule has 0 bridgehead atoms. The number of rotatable bonds is 4. The summed E-state index contributed by atoms with van der Waals surface area (Å²) in [5.74, 6) is 1.55. The van der Waals surface area contributed by atoms with Crippen LogP contribution in [-0.2, 0) is 6.42 Å². The van der Waals surface area contributed by atoms with Crippen LogP contribution in [0.3, 0.4) is 0 Å². The molecule has 1 aliphatic heterocycles. The summed E-state index contributed by atoms with van der Waals surface area (Å²) < 4.78 is 5.16. The molecule has 0 saturated carbocycles. The Morgan fingerprint density at radius 2 is 2.10 bits per heavy atom. The highest BCUT2D eigenvalue weighted by atomic mass is 32.2. The topological polar surface area (TPSA) is 71.3 Å². The predicted molar refractivity (Wildman–Crippen MR) is 83.6 cm³/mol. The average molecular weight is 312 g/mol. The number of hydrogen-bond acceptors (Lipinski definition) is 5. The third-order valence-electron chi connectivity index (χ3n) is 3.32. The summed E-state index contributed by atoms with van der Waals surface area (Å²) in [4.78, 5) is 18.3. The van der Waals surface area contributed by atoms with Crippen molar-refractivity contribution in [2.75, 3.05) is 19.6 Å². The second-order valence-electron chi connectivity index (χ2n) is 5.85. The fourth-order valence-corrected chi connectivity index (χ4v) is 3.66. The van der Waals surface area contributed by atoms with Gasteiger partial charge < -0.3 is 14.7 Å². The number of aromatic nitrogens is 2. The summed E-state index contributed by atoms with van der Waals surface area (Å²) in [5, 5.41) is 7.82. The van der Waals surface area contributed by atoms with E-state index in [9.17, 15) is 4.79 Å². The summed E-state index contributed by atoms with van der Waals surface area (Å²) >= 11 is 1.93. The molecule has 21 heavy (non-hydrogen) atoms. The maximum atomic E-state index is 12.1. The normalized spacial score (nSPS) is 22.6. The molecule has 2 amide bonds. The zero-order valence-corrected chi connectivity index (χ0v) is 13.9. The maximum Gasteiger partial charge on any atom is 0.317 e. The number of thioether (sulfide) groups is 1. The van der Waals surface area contributed by atoms with Gasteiger partial charge in [0.1, 0.15) is 0 Å². The van der Waals surface area contributed by atoms with Gasteiger partial charge in [-0.2, -0.15) is 16.7 Å². The first-order valence-electron chi connectivity index (χ1n) is 7.46. The van der Waals surface area contributed by atoms with Crippen LogP contribution < -0.4 is 5.32 Å². The summed E-state index contributed by atoms with van der Waals surface area (Å²) in [5.41, 5.74) is 0. The number of nitrogens with one attached hydrogen (secondary N) is 1. The molecule has 6 nitrogen and oxygen atoms in total. The minimum absolute atomic E-state index is 0.00222. The quantitative estimate of drug-likeness (QED) is 0.923. The molecule has 0 aromatic carbocycles. The molecule has 7 heteroatoms. The first-order chi connectivity index (χ1) is 9.95. The minimum atomic E-state index is -0.00222. The zero-order chi connectivity index (χ0) is 15.4. The number of nitrogens with zero attached hydrogens (tertiary/aromatic N) is 3. The third-order valence-corrected chi connectivity index (χ3v) is 4.55. The Labute approximate surface area is 130 Å². The van der Waals surface area contributed by atoms with Crippen LogP contribution in [0.15, 0.2) is 4.52 Å². The van der Waals surface area contributed by atoms with Gasteiger partial charge in [-0.1, -0.05) is 32.9 Å². The van der Waals surface area contributed by atoms with E-state index in [-0.39, 0.29) is 11.9 Å². The number of amides is 2. The minimum Gasteiger partial charge on any atom is -0.339 e. The van der Waals surface area contributed by atoms with Gasteiger partial charge >= 0.3 is 6.03 Å². The Balaban J connectivity index is 1.76. The number of hydrogen-bond donors (Lipinski definition) is 1. The molecule has 1 N–H and O–H groups in total. The molecule has 118 valence electrons. The predicted octanol–water partition coefficient (Wildman–Crippen LogP) is 2.27. The fourth-order valence-electron chi connectivity index (χ4n) is 2.34. The van der Waals surface area contributed by atoms with Gasteiger partial charge in [-0.3, -0.25) is 0 Å². The monoisotopic (exact) mass is 312 g/mol. The molecular formula is C14H24N4O2S. The van der Waals surface area contributed by atoms with Crippen LogP contribution in [-0.4, -0.2) is 51.2 Å². The van der Waals surface area contributed by atoms with Gasteiger partial charge in [0, 0.05) is 42.5 Å². The van der Waals surface area contributed by atoms with E-state index in [2.05, 4.69) is 29.3 Å². The molecular weight excluding hydrogens is 288 g/mol.